The number of unbranched alkanes of at least 4 members (excludes halogenated alkanes) is 1. The maximum atomic E-state index is 9.70. The minimum Gasteiger partial charge on any atom is -0.393 e. The van der Waals surface area contributed by atoms with Gasteiger partial charge in [-0.3, -0.25) is 0 Å². The van der Waals surface area contributed by atoms with Crippen LogP contribution in [-0.4, -0.2) is 45.7 Å². The molecular weight excluding hydrogens is 276 g/mol. The van der Waals surface area contributed by atoms with E-state index in [2.05, 4.69) is 25.3 Å². The predicted octanol–water partition coefficient (Wildman–Crippen LogP) is 3.23. The summed E-state index contributed by atoms with van der Waals surface area (Å²) in [5, 5.41) is 9.70. The molecule has 1 nitrogen and oxygen atoms in total. The normalized spacial score (nSPS) is 12.9. The lowest BCUT2D eigenvalue weighted by Gasteiger charge is -2.09. The van der Waals surface area contributed by atoms with E-state index < -0.39 is 0 Å². The van der Waals surface area contributed by atoms with Crippen molar-refractivity contribution >= 4 is 48.8 Å². The van der Waals surface area contributed by atoms with Gasteiger partial charge >= 0.3 is 0 Å². The van der Waals surface area contributed by atoms with Gasteiger partial charge in [-0.1, -0.05) is 6.42 Å². The fraction of sp³-hybridized carbons (Fsp3) is 1.00. The summed E-state index contributed by atoms with van der Waals surface area (Å²) in [6.45, 7) is 0. The number of aliphatic hydroxyl groups excluding tert-OH is 1. The van der Waals surface area contributed by atoms with Gasteiger partial charge in [0.25, 0.3) is 0 Å². The van der Waals surface area contributed by atoms with Gasteiger partial charge in [-0.05, 0) is 42.3 Å². The minimum atomic E-state index is -0.0951. The lowest BCUT2D eigenvalue weighted by Crippen LogP contribution is -2.08. The van der Waals surface area contributed by atoms with E-state index in [9.17, 15) is 5.11 Å². The Morgan fingerprint density at radius 1 is 0.812 bits per heavy atom. The highest BCUT2D eigenvalue weighted by Crippen LogP contribution is 2.12. The van der Waals surface area contributed by atoms with Crippen molar-refractivity contribution in [2.24, 2.45) is 0 Å². The fourth-order valence-corrected chi connectivity index (χ4v) is 3.57. The Labute approximate surface area is 120 Å². The molecule has 0 aromatic heterocycles. The van der Waals surface area contributed by atoms with E-state index >= 15 is 0 Å². The molecule has 0 rings (SSSR count). The fourth-order valence-electron chi connectivity index (χ4n) is 1.28. The van der Waals surface area contributed by atoms with Crippen LogP contribution in [0.2, 0.25) is 0 Å². The second-order valence-electron chi connectivity index (χ2n) is 3.61. The summed E-state index contributed by atoms with van der Waals surface area (Å²) in [6.07, 6.45) is 4.17. The average Bonchev–Trinajstić information content (AvgIpc) is 2.29. The highest BCUT2D eigenvalue weighted by molar-refractivity contribution is 8.00. The van der Waals surface area contributed by atoms with Crippen LogP contribution in [0.3, 0.4) is 0 Å². The van der Waals surface area contributed by atoms with Crippen LogP contribution in [0.15, 0.2) is 0 Å². The molecule has 0 spiro atoms. The van der Waals surface area contributed by atoms with Crippen molar-refractivity contribution in [3.8, 4) is 0 Å². The zero-order valence-corrected chi connectivity index (χ0v) is 13.2. The van der Waals surface area contributed by atoms with E-state index in [1.807, 2.05) is 23.5 Å². The first kappa shape index (κ1) is 17.4. The number of thiol groups is 2. The van der Waals surface area contributed by atoms with E-state index in [0.717, 1.165) is 48.0 Å². The van der Waals surface area contributed by atoms with Crippen LogP contribution >= 0.6 is 48.8 Å². The van der Waals surface area contributed by atoms with Gasteiger partial charge in [0, 0.05) is 11.5 Å². The SMILES string of the molecule is OC(CCCCSCCS)CCSCCS. The molecule has 0 aliphatic carbocycles. The summed E-state index contributed by atoms with van der Waals surface area (Å²) in [6, 6.07) is 0. The Hall–Kier alpha value is 1.36. The Morgan fingerprint density at radius 3 is 2.06 bits per heavy atom. The van der Waals surface area contributed by atoms with E-state index in [1.54, 1.807) is 0 Å². The number of rotatable bonds is 12. The van der Waals surface area contributed by atoms with Gasteiger partial charge in [0.15, 0.2) is 0 Å². The first-order valence-corrected chi connectivity index (χ1v) is 9.44. The topological polar surface area (TPSA) is 20.2 Å². The van der Waals surface area contributed by atoms with Crippen molar-refractivity contribution in [1.82, 2.24) is 0 Å². The first-order valence-electron chi connectivity index (χ1n) is 5.86. The summed E-state index contributed by atoms with van der Waals surface area (Å²) in [4.78, 5) is 0. The first-order chi connectivity index (χ1) is 7.81. The van der Waals surface area contributed by atoms with Crippen molar-refractivity contribution in [2.75, 3.05) is 34.5 Å². The van der Waals surface area contributed by atoms with Crippen LogP contribution in [0, 0.1) is 0 Å². The van der Waals surface area contributed by atoms with Gasteiger partial charge in [0.05, 0.1) is 6.10 Å². The van der Waals surface area contributed by atoms with Gasteiger partial charge in [0.2, 0.25) is 0 Å². The molecule has 0 heterocycles. The predicted molar refractivity (Wildman–Crippen MR) is 86.8 cm³/mol. The summed E-state index contributed by atoms with van der Waals surface area (Å²) in [7, 11) is 0. The van der Waals surface area contributed by atoms with E-state index in [0.29, 0.717) is 0 Å². The molecular formula is C11H24OS4. The van der Waals surface area contributed by atoms with Crippen LogP contribution in [0.5, 0.6) is 0 Å². The van der Waals surface area contributed by atoms with Crippen molar-refractivity contribution in [3.05, 3.63) is 0 Å². The lowest BCUT2D eigenvalue weighted by atomic mass is 10.1. The summed E-state index contributed by atoms with van der Waals surface area (Å²) in [5.41, 5.74) is 0. The van der Waals surface area contributed by atoms with Crippen LogP contribution in [0.1, 0.15) is 25.7 Å². The van der Waals surface area contributed by atoms with Crippen LogP contribution in [-0.2, 0) is 0 Å². The van der Waals surface area contributed by atoms with Gasteiger partial charge in [0.1, 0.15) is 0 Å². The summed E-state index contributed by atoms with van der Waals surface area (Å²) >= 11 is 12.2. The van der Waals surface area contributed by atoms with Crippen molar-refractivity contribution in [2.45, 2.75) is 31.8 Å². The van der Waals surface area contributed by atoms with E-state index in [1.165, 1.54) is 12.2 Å². The quantitative estimate of drug-likeness (QED) is 0.380. The molecule has 0 saturated carbocycles. The van der Waals surface area contributed by atoms with E-state index in [4.69, 9.17) is 0 Å². The highest BCUT2D eigenvalue weighted by atomic mass is 32.2. The molecule has 98 valence electrons. The molecule has 1 atom stereocenters. The van der Waals surface area contributed by atoms with Crippen molar-refractivity contribution in [3.63, 3.8) is 0 Å². The van der Waals surface area contributed by atoms with Crippen LogP contribution < -0.4 is 0 Å². The maximum absolute atomic E-state index is 9.70. The Morgan fingerprint density at radius 2 is 1.44 bits per heavy atom. The third kappa shape index (κ3) is 13.4. The monoisotopic (exact) mass is 300 g/mol. The lowest BCUT2D eigenvalue weighted by molar-refractivity contribution is 0.158. The van der Waals surface area contributed by atoms with Gasteiger partial charge in [-0.25, -0.2) is 0 Å². The van der Waals surface area contributed by atoms with Crippen molar-refractivity contribution < 1.29 is 5.11 Å². The molecule has 0 amide bonds. The molecule has 0 aliphatic heterocycles. The van der Waals surface area contributed by atoms with Gasteiger partial charge < -0.3 is 5.11 Å². The number of aliphatic hydroxyl groups is 1. The third-order valence-corrected chi connectivity index (χ3v) is 5.28. The number of hydrogen-bond donors (Lipinski definition) is 3. The molecule has 0 aromatic carbocycles. The van der Waals surface area contributed by atoms with Crippen molar-refractivity contribution in [1.29, 1.82) is 0 Å². The molecule has 0 radical (unpaired) electrons. The molecule has 0 aromatic rings. The molecule has 5 heteroatoms. The Bertz CT molecular complexity index is 135. The zero-order valence-electron chi connectivity index (χ0n) is 9.81. The minimum absolute atomic E-state index is 0.0951. The largest absolute Gasteiger partial charge is 0.393 e. The van der Waals surface area contributed by atoms with E-state index in [-0.39, 0.29) is 6.10 Å². The molecule has 1 unspecified atom stereocenters. The molecule has 0 saturated heterocycles. The summed E-state index contributed by atoms with van der Waals surface area (Å²) in [5.74, 6) is 6.42. The second kappa shape index (κ2) is 14.4. The second-order valence-corrected chi connectivity index (χ2v) is 6.95. The Balaban J connectivity index is 3.08. The standard InChI is InChI=1S/C11H24OS4/c12-11(4-8-16-10-6-14)3-1-2-7-15-9-5-13/h11-14H,1-10H2. The Kier molecular flexibility index (Phi) is 15.6. The maximum Gasteiger partial charge on any atom is 0.0548 e. The average molecular weight is 301 g/mol. The number of thioether (sulfide) groups is 2. The molecule has 0 bridgehead atoms. The van der Waals surface area contributed by atoms with Crippen LogP contribution in [0.4, 0.5) is 0 Å². The molecule has 16 heavy (non-hydrogen) atoms. The van der Waals surface area contributed by atoms with Gasteiger partial charge in [-0.2, -0.15) is 48.8 Å². The molecule has 0 fully saturated rings. The molecule has 0 aliphatic rings. The molecule has 1 N–H and O–H groups in total. The smallest absolute Gasteiger partial charge is 0.0548 e. The summed E-state index contributed by atoms with van der Waals surface area (Å²) < 4.78 is 0. The number of hydrogen-bond acceptors (Lipinski definition) is 5. The van der Waals surface area contributed by atoms with Gasteiger partial charge in [-0.15, -0.1) is 0 Å². The highest BCUT2D eigenvalue weighted by Gasteiger charge is 2.03. The zero-order chi connectivity index (χ0) is 12.1. The van der Waals surface area contributed by atoms with Crippen LogP contribution in [0.25, 0.3) is 0 Å². The third-order valence-electron chi connectivity index (χ3n) is 2.14.